The van der Waals surface area contributed by atoms with Crippen molar-refractivity contribution in [3.63, 3.8) is 0 Å². The van der Waals surface area contributed by atoms with E-state index in [1.807, 2.05) is 0 Å². The highest BCUT2D eigenvalue weighted by Gasteiger charge is 2.31. The number of nitrogens with zero attached hydrogens (tertiary/aromatic N) is 4. The number of hydrogen-bond acceptors (Lipinski definition) is 7. The van der Waals surface area contributed by atoms with Gasteiger partial charge in [-0.25, -0.2) is 5.43 Å². The maximum Gasteiger partial charge on any atom is 0.416 e. The van der Waals surface area contributed by atoms with Crippen LogP contribution in [-0.4, -0.2) is 34.0 Å². The highest BCUT2D eigenvalue weighted by Crippen LogP contribution is 2.30. The average molecular weight is 522 g/mol. The summed E-state index contributed by atoms with van der Waals surface area (Å²) in [5.74, 6) is -0.402. The van der Waals surface area contributed by atoms with E-state index in [9.17, 15) is 32.8 Å². The quantitative estimate of drug-likeness (QED) is 0.305. The topological polar surface area (TPSA) is 142 Å². The van der Waals surface area contributed by atoms with Crippen LogP contribution < -0.4 is 21.3 Å². The molecule has 0 bridgehead atoms. The van der Waals surface area contributed by atoms with Crippen LogP contribution in [0.15, 0.2) is 63.2 Å². The van der Waals surface area contributed by atoms with Gasteiger partial charge < -0.3 is 9.72 Å². The van der Waals surface area contributed by atoms with Crippen LogP contribution in [0, 0.1) is 18.3 Å². The molecule has 0 aliphatic rings. The number of methoxy groups -OCH3 is 1. The summed E-state index contributed by atoms with van der Waals surface area (Å²) in [5, 5.41) is 17.8. The van der Waals surface area contributed by atoms with Crippen molar-refractivity contribution >= 4 is 23.0 Å². The lowest BCUT2D eigenvalue weighted by Gasteiger charge is -2.12. The Morgan fingerprint density at radius 3 is 2.66 bits per heavy atom. The van der Waals surface area contributed by atoms with Crippen molar-refractivity contribution in [1.82, 2.24) is 20.2 Å². The van der Waals surface area contributed by atoms with E-state index in [1.165, 1.54) is 26.2 Å². The van der Waals surface area contributed by atoms with Crippen molar-refractivity contribution in [2.24, 2.45) is 5.10 Å². The zero-order valence-corrected chi connectivity index (χ0v) is 19.8. The third kappa shape index (κ3) is 5.00. The van der Waals surface area contributed by atoms with Gasteiger partial charge in [-0.2, -0.15) is 33.3 Å². The van der Waals surface area contributed by atoms with Crippen LogP contribution in [0.3, 0.4) is 0 Å². The zero-order valence-electron chi connectivity index (χ0n) is 19.8. The second-order valence-electron chi connectivity index (χ2n) is 7.93. The van der Waals surface area contributed by atoms with Gasteiger partial charge in [-0.15, -0.1) is 0 Å². The van der Waals surface area contributed by atoms with Crippen molar-refractivity contribution in [3.05, 3.63) is 97.2 Å². The van der Waals surface area contributed by atoms with Crippen LogP contribution in [-0.2, 0) is 6.18 Å². The molecule has 4 aromatic rings. The first kappa shape index (κ1) is 25.8. The first-order chi connectivity index (χ1) is 18.0. The molecule has 2 N–H and O–H groups in total. The highest BCUT2D eigenvalue weighted by molar-refractivity contribution is 5.95. The summed E-state index contributed by atoms with van der Waals surface area (Å²) in [7, 11) is 1.49. The fourth-order valence-electron chi connectivity index (χ4n) is 3.58. The number of fused-ring (bicyclic) bond motifs is 1. The maximum absolute atomic E-state index is 13.2. The number of halogens is 3. The fraction of sp³-hybridized carbons (Fsp3) is 0.120. The minimum absolute atomic E-state index is 0.0935. The highest BCUT2D eigenvalue weighted by atomic mass is 19.4. The van der Waals surface area contributed by atoms with Crippen LogP contribution in [0.5, 0.6) is 5.75 Å². The summed E-state index contributed by atoms with van der Waals surface area (Å²) >= 11 is 0. The minimum Gasteiger partial charge on any atom is -0.497 e. The second-order valence-corrected chi connectivity index (χ2v) is 7.93. The van der Waals surface area contributed by atoms with E-state index in [-0.39, 0.29) is 16.8 Å². The van der Waals surface area contributed by atoms with Crippen LogP contribution >= 0.6 is 0 Å². The predicted molar refractivity (Wildman–Crippen MR) is 130 cm³/mol. The predicted octanol–water partition coefficient (Wildman–Crippen LogP) is 3.05. The van der Waals surface area contributed by atoms with E-state index >= 15 is 0 Å². The fourth-order valence-corrected chi connectivity index (χ4v) is 3.58. The number of hydrazone groups is 1. The lowest BCUT2D eigenvalue weighted by atomic mass is 10.1. The van der Waals surface area contributed by atoms with Crippen molar-refractivity contribution < 1.29 is 22.7 Å². The number of pyridine rings is 1. The Balaban J connectivity index is 1.69. The first-order valence-electron chi connectivity index (χ1n) is 10.8. The maximum atomic E-state index is 13.2. The Kier molecular flexibility index (Phi) is 6.81. The van der Waals surface area contributed by atoms with Crippen LogP contribution in [0.1, 0.15) is 32.7 Å². The standard InChI is InChI=1S/C25H17F3N6O4/c1-13-19(11-29)24(37)34(17-5-3-4-16(10-17)25(26,27)28)33-21(13)23(36)32-30-12-15-8-14-9-18(38-2)6-7-20(14)31-22(15)35/h3-10,12H,1-2H3,(H,31,35)(H,32,36)/b30-12+. The number of nitriles is 1. The summed E-state index contributed by atoms with van der Waals surface area (Å²) in [6.45, 7) is 1.30. The number of alkyl halides is 3. The van der Waals surface area contributed by atoms with E-state index < -0.39 is 40.0 Å². The summed E-state index contributed by atoms with van der Waals surface area (Å²) in [5.41, 5.74) is -1.01. The van der Waals surface area contributed by atoms with Crippen LogP contribution in [0.2, 0.25) is 0 Å². The Bertz CT molecular complexity index is 1770. The molecule has 0 spiro atoms. The lowest BCUT2D eigenvalue weighted by molar-refractivity contribution is -0.137. The van der Waals surface area contributed by atoms with Crippen molar-refractivity contribution in [1.29, 1.82) is 5.26 Å². The second kappa shape index (κ2) is 10.0. The minimum atomic E-state index is -4.69. The summed E-state index contributed by atoms with van der Waals surface area (Å²) in [6, 6.07) is 11.9. The van der Waals surface area contributed by atoms with Gasteiger partial charge in [0.1, 0.15) is 17.4 Å². The number of H-pyrrole nitrogens is 1. The molecule has 2 aromatic heterocycles. The molecular weight excluding hydrogens is 505 g/mol. The lowest BCUT2D eigenvalue weighted by Crippen LogP contribution is -2.31. The summed E-state index contributed by atoms with van der Waals surface area (Å²) in [4.78, 5) is 40.6. The Labute approximate surface area is 211 Å². The van der Waals surface area contributed by atoms with Gasteiger partial charge in [0.05, 0.1) is 30.1 Å². The molecule has 4 rings (SSSR count). The molecule has 0 fully saturated rings. The summed E-state index contributed by atoms with van der Waals surface area (Å²) < 4.78 is 45.2. The molecule has 0 radical (unpaired) electrons. The number of carbonyl (C=O) groups excluding carboxylic acids is 1. The van der Waals surface area contributed by atoms with Crippen LogP contribution in [0.25, 0.3) is 16.6 Å². The molecule has 0 saturated heterocycles. The Morgan fingerprint density at radius 1 is 1.21 bits per heavy atom. The number of aromatic nitrogens is 3. The Morgan fingerprint density at radius 2 is 1.97 bits per heavy atom. The Hall–Kier alpha value is -5.25. The van der Waals surface area contributed by atoms with E-state index in [0.29, 0.717) is 27.4 Å². The van der Waals surface area contributed by atoms with E-state index in [2.05, 4.69) is 20.6 Å². The van der Waals surface area contributed by atoms with Crippen molar-refractivity contribution in [3.8, 4) is 17.5 Å². The molecule has 0 atom stereocenters. The van der Waals surface area contributed by atoms with Crippen molar-refractivity contribution in [2.45, 2.75) is 13.1 Å². The molecule has 0 aliphatic carbocycles. The number of ether oxygens (including phenoxy) is 1. The normalized spacial score (nSPS) is 11.5. The number of carbonyl (C=O) groups is 1. The monoisotopic (exact) mass is 522 g/mol. The van der Waals surface area contributed by atoms with Gasteiger partial charge in [-0.3, -0.25) is 14.4 Å². The molecule has 1 amide bonds. The third-order valence-corrected chi connectivity index (χ3v) is 5.53. The molecule has 192 valence electrons. The molecule has 38 heavy (non-hydrogen) atoms. The molecule has 0 aliphatic heterocycles. The van der Waals surface area contributed by atoms with Crippen LogP contribution in [0.4, 0.5) is 13.2 Å². The molecular formula is C25H17F3N6O4. The van der Waals surface area contributed by atoms with Gasteiger partial charge in [0.2, 0.25) is 0 Å². The van der Waals surface area contributed by atoms with Crippen molar-refractivity contribution in [2.75, 3.05) is 7.11 Å². The molecule has 0 unspecified atom stereocenters. The molecule has 2 heterocycles. The van der Waals surface area contributed by atoms with Gasteiger partial charge in [0.15, 0.2) is 5.69 Å². The smallest absolute Gasteiger partial charge is 0.416 e. The first-order valence-corrected chi connectivity index (χ1v) is 10.8. The summed E-state index contributed by atoms with van der Waals surface area (Å²) in [6.07, 6.45) is -3.61. The number of aromatic amines is 1. The van der Waals surface area contributed by atoms with Gasteiger partial charge in [0.25, 0.3) is 17.0 Å². The van der Waals surface area contributed by atoms with E-state index in [0.717, 1.165) is 18.3 Å². The third-order valence-electron chi connectivity index (χ3n) is 5.53. The number of rotatable bonds is 5. The van der Waals surface area contributed by atoms with E-state index in [4.69, 9.17) is 4.74 Å². The largest absolute Gasteiger partial charge is 0.497 e. The number of benzene rings is 2. The molecule has 13 heteroatoms. The molecule has 10 nitrogen and oxygen atoms in total. The molecule has 2 aromatic carbocycles. The van der Waals surface area contributed by atoms with Gasteiger partial charge in [0, 0.05) is 16.5 Å². The number of nitrogens with one attached hydrogen (secondary N) is 2. The van der Waals surface area contributed by atoms with Gasteiger partial charge in [-0.1, -0.05) is 6.07 Å². The zero-order chi connectivity index (χ0) is 27.6. The molecule has 0 saturated carbocycles. The van der Waals surface area contributed by atoms with Gasteiger partial charge >= 0.3 is 6.18 Å². The number of amides is 1. The average Bonchev–Trinajstić information content (AvgIpc) is 2.88. The van der Waals surface area contributed by atoms with E-state index in [1.54, 1.807) is 24.3 Å². The van der Waals surface area contributed by atoms with Gasteiger partial charge in [-0.05, 0) is 49.4 Å². The number of hydrogen-bond donors (Lipinski definition) is 2. The SMILES string of the molecule is COc1ccc2[nH]c(=O)c(/C=N/NC(=O)c3nn(-c4cccc(C(F)(F)F)c4)c(=O)c(C#N)c3C)cc2c1.